The summed E-state index contributed by atoms with van der Waals surface area (Å²) in [7, 11) is 1.90. The summed E-state index contributed by atoms with van der Waals surface area (Å²) in [6.45, 7) is 5.05. The van der Waals surface area contributed by atoms with Gasteiger partial charge in [-0.3, -0.25) is 9.48 Å². The number of aryl methyl sites for hydroxylation is 2. The molecule has 1 N–H and O–H groups in total. The molecule has 2 heterocycles. The Morgan fingerprint density at radius 3 is 2.68 bits per heavy atom. The minimum atomic E-state index is -0.129. The second-order valence-electron chi connectivity index (χ2n) is 4.23. The molecule has 0 unspecified atom stereocenters. The second kappa shape index (κ2) is 5.56. The van der Waals surface area contributed by atoms with E-state index in [0.717, 1.165) is 11.3 Å². The van der Waals surface area contributed by atoms with E-state index in [4.69, 9.17) is 0 Å². The lowest BCUT2D eigenvalue weighted by molar-refractivity contribution is 0.613. The maximum atomic E-state index is 11.9. The molecular formula is C12H16BrN5O. The third-order valence-corrected chi connectivity index (χ3v) is 3.86. The van der Waals surface area contributed by atoms with Crippen LogP contribution >= 0.6 is 15.9 Å². The van der Waals surface area contributed by atoms with E-state index in [1.165, 1.54) is 4.68 Å². The first kappa shape index (κ1) is 13.8. The average Bonchev–Trinajstić information content (AvgIpc) is 2.72. The van der Waals surface area contributed by atoms with Crippen LogP contribution < -0.4 is 10.9 Å². The van der Waals surface area contributed by atoms with Gasteiger partial charge in [0.25, 0.3) is 5.56 Å². The van der Waals surface area contributed by atoms with Gasteiger partial charge in [0.1, 0.15) is 4.47 Å². The first-order chi connectivity index (χ1) is 9.04. The molecule has 0 amide bonds. The van der Waals surface area contributed by atoms with Crippen molar-refractivity contribution in [3.05, 3.63) is 38.5 Å². The molecule has 0 saturated heterocycles. The van der Waals surface area contributed by atoms with Crippen molar-refractivity contribution >= 4 is 21.6 Å². The molecule has 102 valence electrons. The highest BCUT2D eigenvalue weighted by Crippen LogP contribution is 2.17. The Bertz CT molecular complexity index is 646. The molecule has 0 aromatic carbocycles. The number of nitrogens with zero attached hydrogens (tertiary/aromatic N) is 4. The van der Waals surface area contributed by atoms with E-state index >= 15 is 0 Å². The fourth-order valence-corrected chi connectivity index (χ4v) is 2.17. The number of halogens is 1. The zero-order valence-corrected chi connectivity index (χ0v) is 12.7. The van der Waals surface area contributed by atoms with Gasteiger partial charge in [-0.1, -0.05) is 0 Å². The van der Waals surface area contributed by atoms with E-state index in [1.807, 2.05) is 31.8 Å². The first-order valence-electron chi connectivity index (χ1n) is 6.01. The maximum Gasteiger partial charge on any atom is 0.283 e. The van der Waals surface area contributed by atoms with Crippen LogP contribution in [-0.4, -0.2) is 19.6 Å². The van der Waals surface area contributed by atoms with E-state index in [9.17, 15) is 4.79 Å². The lowest BCUT2D eigenvalue weighted by atomic mass is 10.2. The minimum absolute atomic E-state index is 0.129. The molecule has 0 aliphatic carbocycles. The highest BCUT2D eigenvalue weighted by Gasteiger charge is 2.09. The summed E-state index contributed by atoms with van der Waals surface area (Å²) in [5.74, 6) is 0. The smallest absolute Gasteiger partial charge is 0.283 e. The van der Waals surface area contributed by atoms with Crippen LogP contribution in [0.2, 0.25) is 0 Å². The molecule has 0 radical (unpaired) electrons. The van der Waals surface area contributed by atoms with Crippen molar-refractivity contribution in [3.63, 3.8) is 0 Å². The standard InChI is InChI=1S/C12H16BrN5O/c1-4-18-12(19)11(13)10(7-16-18)14-5-9-6-15-17(3)8(9)2/h6-7,14H,4-5H2,1-3H3. The average molecular weight is 326 g/mol. The van der Waals surface area contributed by atoms with Crippen LogP contribution in [-0.2, 0) is 20.1 Å². The molecule has 0 atom stereocenters. The predicted octanol–water partition coefficient (Wildman–Crippen LogP) is 1.68. The highest BCUT2D eigenvalue weighted by atomic mass is 79.9. The van der Waals surface area contributed by atoms with Gasteiger partial charge < -0.3 is 5.32 Å². The van der Waals surface area contributed by atoms with Gasteiger partial charge >= 0.3 is 0 Å². The molecule has 0 aliphatic heterocycles. The fourth-order valence-electron chi connectivity index (χ4n) is 1.72. The third-order valence-electron chi connectivity index (χ3n) is 3.09. The molecule has 0 spiro atoms. The van der Waals surface area contributed by atoms with Gasteiger partial charge in [0.2, 0.25) is 0 Å². The summed E-state index contributed by atoms with van der Waals surface area (Å²) in [5.41, 5.74) is 2.75. The highest BCUT2D eigenvalue weighted by molar-refractivity contribution is 9.10. The summed E-state index contributed by atoms with van der Waals surface area (Å²) in [6.07, 6.45) is 3.47. The van der Waals surface area contributed by atoms with Gasteiger partial charge in [0, 0.05) is 31.4 Å². The summed E-state index contributed by atoms with van der Waals surface area (Å²) in [5, 5.41) is 11.5. The van der Waals surface area contributed by atoms with Crippen LogP contribution in [0.15, 0.2) is 21.7 Å². The van der Waals surface area contributed by atoms with Crippen molar-refractivity contribution in [3.8, 4) is 0 Å². The first-order valence-corrected chi connectivity index (χ1v) is 6.80. The fraction of sp³-hybridized carbons (Fsp3) is 0.417. The monoisotopic (exact) mass is 325 g/mol. The van der Waals surface area contributed by atoms with Crippen molar-refractivity contribution in [2.45, 2.75) is 26.9 Å². The molecular weight excluding hydrogens is 310 g/mol. The number of rotatable bonds is 4. The Kier molecular flexibility index (Phi) is 4.04. The number of nitrogens with one attached hydrogen (secondary N) is 1. The Balaban J connectivity index is 2.19. The molecule has 6 nitrogen and oxygen atoms in total. The van der Waals surface area contributed by atoms with Crippen LogP contribution in [0.3, 0.4) is 0 Å². The van der Waals surface area contributed by atoms with Crippen LogP contribution in [0.25, 0.3) is 0 Å². The zero-order chi connectivity index (χ0) is 14.0. The van der Waals surface area contributed by atoms with Crippen LogP contribution in [0.1, 0.15) is 18.2 Å². The van der Waals surface area contributed by atoms with Gasteiger partial charge in [-0.15, -0.1) is 0 Å². The summed E-state index contributed by atoms with van der Waals surface area (Å²) < 4.78 is 3.73. The molecule has 7 heteroatoms. The van der Waals surface area contributed by atoms with Gasteiger partial charge in [-0.05, 0) is 29.8 Å². The van der Waals surface area contributed by atoms with Crippen molar-refractivity contribution < 1.29 is 0 Å². The molecule has 19 heavy (non-hydrogen) atoms. The Morgan fingerprint density at radius 1 is 1.37 bits per heavy atom. The van der Waals surface area contributed by atoms with E-state index in [0.29, 0.717) is 23.2 Å². The largest absolute Gasteiger partial charge is 0.378 e. The summed E-state index contributed by atoms with van der Waals surface area (Å²) in [4.78, 5) is 11.9. The topological polar surface area (TPSA) is 64.7 Å². The molecule has 0 aliphatic rings. The lowest BCUT2D eigenvalue weighted by Gasteiger charge is -2.09. The lowest BCUT2D eigenvalue weighted by Crippen LogP contribution is -2.23. The summed E-state index contributed by atoms with van der Waals surface area (Å²) in [6, 6.07) is 0. The van der Waals surface area contributed by atoms with Crippen LogP contribution in [0.4, 0.5) is 5.69 Å². The Hall–Kier alpha value is -1.63. The number of aromatic nitrogens is 4. The van der Waals surface area contributed by atoms with Gasteiger partial charge in [0.05, 0.1) is 18.1 Å². The van der Waals surface area contributed by atoms with Gasteiger partial charge in [0.15, 0.2) is 0 Å². The van der Waals surface area contributed by atoms with Gasteiger partial charge in [-0.25, -0.2) is 4.68 Å². The quantitative estimate of drug-likeness (QED) is 0.928. The normalized spacial score (nSPS) is 10.7. The summed E-state index contributed by atoms with van der Waals surface area (Å²) >= 11 is 3.31. The maximum absolute atomic E-state index is 11.9. The Labute approximate surface area is 119 Å². The van der Waals surface area contributed by atoms with Gasteiger partial charge in [-0.2, -0.15) is 10.2 Å². The van der Waals surface area contributed by atoms with E-state index < -0.39 is 0 Å². The molecule has 2 rings (SSSR count). The van der Waals surface area contributed by atoms with Crippen molar-refractivity contribution in [1.82, 2.24) is 19.6 Å². The molecule has 0 bridgehead atoms. The SMILES string of the molecule is CCn1ncc(NCc2cnn(C)c2C)c(Br)c1=O. The third kappa shape index (κ3) is 2.70. The van der Waals surface area contributed by atoms with Crippen molar-refractivity contribution in [2.24, 2.45) is 7.05 Å². The minimum Gasteiger partial charge on any atom is -0.378 e. The molecule has 2 aromatic rings. The van der Waals surface area contributed by atoms with E-state index in [1.54, 1.807) is 6.20 Å². The van der Waals surface area contributed by atoms with Crippen LogP contribution in [0, 0.1) is 6.92 Å². The van der Waals surface area contributed by atoms with Crippen molar-refractivity contribution in [1.29, 1.82) is 0 Å². The van der Waals surface area contributed by atoms with E-state index in [-0.39, 0.29) is 5.56 Å². The van der Waals surface area contributed by atoms with Crippen LogP contribution in [0.5, 0.6) is 0 Å². The molecule has 2 aromatic heterocycles. The molecule has 0 fully saturated rings. The Morgan fingerprint density at radius 2 is 2.11 bits per heavy atom. The van der Waals surface area contributed by atoms with Crippen molar-refractivity contribution in [2.75, 3.05) is 5.32 Å². The predicted molar refractivity (Wildman–Crippen MR) is 77.1 cm³/mol. The van der Waals surface area contributed by atoms with E-state index in [2.05, 4.69) is 31.4 Å². The molecule has 0 saturated carbocycles. The number of anilines is 1. The zero-order valence-electron chi connectivity index (χ0n) is 11.1. The number of hydrogen-bond acceptors (Lipinski definition) is 4. The number of hydrogen-bond donors (Lipinski definition) is 1. The second-order valence-corrected chi connectivity index (χ2v) is 5.02.